The molecule has 4 atom stereocenters. The summed E-state index contributed by atoms with van der Waals surface area (Å²) in [5, 5.41) is 6.41. The summed E-state index contributed by atoms with van der Waals surface area (Å²) in [6.07, 6.45) is 9.12. The van der Waals surface area contributed by atoms with Crippen molar-refractivity contribution in [2.75, 3.05) is 20.1 Å². The molecule has 2 amide bonds. The molecule has 0 radical (unpaired) electrons. The number of halogens is 1. The summed E-state index contributed by atoms with van der Waals surface area (Å²) >= 11 is 0. The molecule has 0 aromatic carbocycles. The highest BCUT2D eigenvalue weighted by atomic mass is 127. The lowest BCUT2D eigenvalue weighted by Crippen LogP contribution is -2.43. The summed E-state index contributed by atoms with van der Waals surface area (Å²) in [6.45, 7) is 1.35. The minimum Gasteiger partial charge on any atom is -0.355 e. The molecule has 2 aliphatic carbocycles. The standard InChI is InChI=1S/C21H24N6O2.HI/c1-22-21(24-11-15-12-26-8-3-2-4-16(26)25-15)23-7-9-27-19(28)17-13-5-6-14(10-13)18(17)20(27)29;/h2-6,8,12-14,17-18H,7,9-11H2,1H3,(H2,22,23,24);1H. The number of nitrogens with zero attached hydrogens (tertiary/aromatic N) is 4. The molecule has 4 unspecified atom stereocenters. The topological polar surface area (TPSA) is 91.1 Å². The molecule has 1 saturated carbocycles. The minimum atomic E-state index is -0.134. The number of hydrogen-bond acceptors (Lipinski definition) is 4. The van der Waals surface area contributed by atoms with Gasteiger partial charge in [-0.2, -0.15) is 0 Å². The molecule has 3 aliphatic rings. The lowest BCUT2D eigenvalue weighted by molar-refractivity contribution is -0.140. The van der Waals surface area contributed by atoms with Crippen LogP contribution in [-0.2, 0) is 16.1 Å². The van der Waals surface area contributed by atoms with E-state index in [1.54, 1.807) is 7.05 Å². The van der Waals surface area contributed by atoms with E-state index in [-0.39, 0.29) is 59.5 Å². The first kappa shape index (κ1) is 20.8. The van der Waals surface area contributed by atoms with Crippen LogP contribution in [0.1, 0.15) is 12.1 Å². The fourth-order valence-corrected chi connectivity index (χ4v) is 4.94. The molecule has 2 bridgehead atoms. The number of rotatable bonds is 5. The highest BCUT2D eigenvalue weighted by molar-refractivity contribution is 14.0. The van der Waals surface area contributed by atoms with Gasteiger partial charge in [-0.25, -0.2) is 4.98 Å². The van der Waals surface area contributed by atoms with Gasteiger partial charge < -0.3 is 15.0 Å². The van der Waals surface area contributed by atoms with Gasteiger partial charge in [0.1, 0.15) is 5.65 Å². The number of aliphatic imine (C=N–C) groups is 1. The van der Waals surface area contributed by atoms with E-state index in [0.717, 1.165) is 17.8 Å². The van der Waals surface area contributed by atoms with Crippen molar-refractivity contribution >= 4 is 47.4 Å². The van der Waals surface area contributed by atoms with Gasteiger partial charge in [-0.05, 0) is 30.4 Å². The summed E-state index contributed by atoms with van der Waals surface area (Å²) in [7, 11) is 1.69. The third-order valence-corrected chi connectivity index (χ3v) is 6.26. The molecule has 2 aromatic rings. The van der Waals surface area contributed by atoms with Gasteiger partial charge in [-0.3, -0.25) is 19.5 Å². The van der Waals surface area contributed by atoms with Gasteiger partial charge in [0, 0.05) is 32.5 Å². The van der Waals surface area contributed by atoms with Gasteiger partial charge in [-0.1, -0.05) is 18.2 Å². The summed E-state index contributed by atoms with van der Waals surface area (Å²) < 4.78 is 1.97. The maximum absolute atomic E-state index is 12.7. The molecule has 5 rings (SSSR count). The highest BCUT2D eigenvalue weighted by Gasteiger charge is 2.58. The number of carbonyl (C=O) groups excluding carboxylic acids is 2. The Balaban J connectivity index is 0.00000218. The quantitative estimate of drug-likeness (QED) is 0.205. The van der Waals surface area contributed by atoms with Crippen LogP contribution in [0.3, 0.4) is 0 Å². The number of imidazole rings is 1. The van der Waals surface area contributed by atoms with Crippen molar-refractivity contribution in [1.82, 2.24) is 24.9 Å². The molecule has 8 nitrogen and oxygen atoms in total. The van der Waals surface area contributed by atoms with Crippen molar-refractivity contribution in [3.05, 3.63) is 48.4 Å². The monoisotopic (exact) mass is 520 g/mol. The minimum absolute atomic E-state index is 0. The molecule has 0 spiro atoms. The second-order valence-corrected chi connectivity index (χ2v) is 7.88. The predicted octanol–water partition coefficient (Wildman–Crippen LogP) is 1.42. The van der Waals surface area contributed by atoms with Gasteiger partial charge in [0.15, 0.2) is 5.96 Å². The van der Waals surface area contributed by atoms with Crippen LogP contribution >= 0.6 is 24.0 Å². The van der Waals surface area contributed by atoms with Crippen LogP contribution < -0.4 is 10.6 Å². The van der Waals surface area contributed by atoms with Crippen LogP contribution in [0.25, 0.3) is 5.65 Å². The number of allylic oxidation sites excluding steroid dienone is 2. The number of hydrogen-bond donors (Lipinski definition) is 2. The van der Waals surface area contributed by atoms with Gasteiger partial charge in [-0.15, -0.1) is 24.0 Å². The van der Waals surface area contributed by atoms with E-state index in [1.807, 2.05) is 35.0 Å². The average molecular weight is 520 g/mol. The number of carbonyl (C=O) groups is 2. The Morgan fingerprint density at radius 3 is 2.57 bits per heavy atom. The van der Waals surface area contributed by atoms with E-state index >= 15 is 0 Å². The van der Waals surface area contributed by atoms with Crippen LogP contribution in [0.2, 0.25) is 0 Å². The SMILES string of the molecule is CN=C(NCCN1C(=O)C2C3C=CC(C3)C2C1=O)NCc1cn2ccccc2n1.I. The molecule has 3 heterocycles. The Hall–Kier alpha value is -2.43. The molecule has 1 aliphatic heterocycles. The zero-order valence-electron chi connectivity index (χ0n) is 16.7. The smallest absolute Gasteiger partial charge is 0.233 e. The van der Waals surface area contributed by atoms with Gasteiger partial charge >= 0.3 is 0 Å². The Morgan fingerprint density at radius 2 is 1.90 bits per heavy atom. The van der Waals surface area contributed by atoms with Gasteiger partial charge in [0.25, 0.3) is 0 Å². The van der Waals surface area contributed by atoms with Crippen molar-refractivity contribution in [2.24, 2.45) is 28.7 Å². The molecular formula is C21H25IN6O2. The van der Waals surface area contributed by atoms with Gasteiger partial charge in [0.05, 0.1) is 24.1 Å². The van der Waals surface area contributed by atoms with Crippen LogP contribution in [0.15, 0.2) is 47.7 Å². The average Bonchev–Trinajstić information content (AvgIpc) is 3.49. The van der Waals surface area contributed by atoms with Crippen molar-refractivity contribution in [3.63, 3.8) is 0 Å². The van der Waals surface area contributed by atoms with Crippen LogP contribution in [0, 0.1) is 23.7 Å². The number of likely N-dealkylation sites (tertiary alicyclic amines) is 1. The Morgan fingerprint density at radius 1 is 1.17 bits per heavy atom. The number of fused-ring (bicyclic) bond motifs is 6. The summed E-state index contributed by atoms with van der Waals surface area (Å²) in [6, 6.07) is 5.87. The van der Waals surface area contributed by atoms with Crippen molar-refractivity contribution in [3.8, 4) is 0 Å². The van der Waals surface area contributed by atoms with E-state index in [1.165, 1.54) is 4.90 Å². The molecule has 2 aromatic heterocycles. The Labute approximate surface area is 191 Å². The second kappa shape index (κ2) is 8.37. The third kappa shape index (κ3) is 3.48. The summed E-state index contributed by atoms with van der Waals surface area (Å²) in [5.74, 6) is 0.828. The number of nitrogens with one attached hydrogen (secondary N) is 2. The Kier molecular flexibility index (Phi) is 5.81. The first-order valence-electron chi connectivity index (χ1n) is 10.1. The molecule has 9 heteroatoms. The molecule has 2 fully saturated rings. The first-order valence-corrected chi connectivity index (χ1v) is 10.1. The molecule has 1 saturated heterocycles. The largest absolute Gasteiger partial charge is 0.355 e. The van der Waals surface area contributed by atoms with E-state index in [9.17, 15) is 9.59 Å². The molecule has 2 N–H and O–H groups in total. The lowest BCUT2D eigenvalue weighted by atomic mass is 9.85. The highest BCUT2D eigenvalue weighted by Crippen LogP contribution is 2.52. The molecule has 158 valence electrons. The summed E-state index contributed by atoms with van der Waals surface area (Å²) in [5.41, 5.74) is 1.80. The zero-order valence-corrected chi connectivity index (χ0v) is 19.0. The van der Waals surface area contributed by atoms with Gasteiger partial charge in [0.2, 0.25) is 11.8 Å². The first-order chi connectivity index (χ1) is 14.2. The van der Waals surface area contributed by atoms with Crippen molar-refractivity contribution < 1.29 is 9.59 Å². The zero-order chi connectivity index (χ0) is 20.0. The maximum atomic E-state index is 12.7. The third-order valence-electron chi connectivity index (χ3n) is 6.26. The van der Waals surface area contributed by atoms with Crippen LogP contribution in [0.5, 0.6) is 0 Å². The predicted molar refractivity (Wildman–Crippen MR) is 123 cm³/mol. The van der Waals surface area contributed by atoms with Crippen LogP contribution in [0.4, 0.5) is 0 Å². The maximum Gasteiger partial charge on any atom is 0.233 e. The molecular weight excluding hydrogens is 495 g/mol. The number of amides is 2. The van der Waals surface area contributed by atoms with E-state index < -0.39 is 0 Å². The van der Waals surface area contributed by atoms with Crippen molar-refractivity contribution in [1.29, 1.82) is 0 Å². The van der Waals surface area contributed by atoms with Crippen LogP contribution in [-0.4, -0.2) is 52.2 Å². The fourth-order valence-electron chi connectivity index (χ4n) is 4.94. The number of pyridine rings is 1. The lowest BCUT2D eigenvalue weighted by Gasteiger charge is -2.18. The number of guanidine groups is 1. The number of imide groups is 1. The number of aromatic nitrogens is 2. The van der Waals surface area contributed by atoms with E-state index in [0.29, 0.717) is 25.6 Å². The van der Waals surface area contributed by atoms with E-state index in [4.69, 9.17) is 0 Å². The Bertz CT molecular complexity index is 968. The second-order valence-electron chi connectivity index (χ2n) is 7.88. The molecule has 30 heavy (non-hydrogen) atoms. The van der Waals surface area contributed by atoms with E-state index in [2.05, 4.69) is 32.8 Å². The summed E-state index contributed by atoms with van der Waals surface area (Å²) in [4.78, 5) is 35.6. The normalized spacial score (nSPS) is 27.0. The van der Waals surface area contributed by atoms with Crippen molar-refractivity contribution in [2.45, 2.75) is 13.0 Å². The fraction of sp³-hybridized carbons (Fsp3) is 0.429.